The third-order valence-corrected chi connectivity index (χ3v) is 4.96. The summed E-state index contributed by atoms with van der Waals surface area (Å²) in [5, 5.41) is 12.9. The number of anilines is 2. The minimum absolute atomic E-state index is 0.532. The van der Waals surface area contributed by atoms with E-state index in [-0.39, 0.29) is 0 Å². The van der Waals surface area contributed by atoms with Gasteiger partial charge in [0.1, 0.15) is 0 Å². The number of aromatic nitrogens is 3. The number of para-hydroxylation sites is 1. The van der Waals surface area contributed by atoms with Crippen LogP contribution in [0.5, 0.6) is 0 Å². The van der Waals surface area contributed by atoms with Crippen LogP contribution >= 0.6 is 22.9 Å². The number of nitrogens with one attached hydrogen (secondary N) is 1. The Morgan fingerprint density at radius 2 is 2.05 bits per heavy atom. The molecule has 2 heterocycles. The van der Waals surface area contributed by atoms with Crippen molar-refractivity contribution in [3.63, 3.8) is 0 Å². The zero-order valence-corrected chi connectivity index (χ0v) is 13.0. The van der Waals surface area contributed by atoms with Crippen molar-refractivity contribution < 1.29 is 0 Å². The van der Waals surface area contributed by atoms with Gasteiger partial charge >= 0.3 is 0 Å². The lowest BCUT2D eigenvalue weighted by Crippen LogP contribution is -2.02. The second-order valence-corrected chi connectivity index (χ2v) is 6.65. The Morgan fingerprint density at radius 1 is 1.24 bits per heavy atom. The fourth-order valence-corrected chi connectivity index (χ4v) is 3.70. The van der Waals surface area contributed by atoms with Crippen LogP contribution in [0.1, 0.15) is 29.9 Å². The number of thiazole rings is 1. The van der Waals surface area contributed by atoms with Crippen LogP contribution in [0, 0.1) is 6.92 Å². The minimum atomic E-state index is 0.532. The average Bonchev–Trinajstić information content (AvgIpc) is 3.21. The molecule has 1 fully saturated rings. The van der Waals surface area contributed by atoms with Gasteiger partial charge in [0, 0.05) is 11.1 Å². The average molecular weight is 317 g/mol. The highest BCUT2D eigenvalue weighted by Crippen LogP contribution is 2.45. The third-order valence-electron chi connectivity index (χ3n) is 3.72. The van der Waals surface area contributed by atoms with Crippen LogP contribution in [0.15, 0.2) is 24.3 Å². The summed E-state index contributed by atoms with van der Waals surface area (Å²) in [4.78, 5) is 4.57. The molecular formula is C15H13ClN4S. The van der Waals surface area contributed by atoms with E-state index < -0.39 is 0 Å². The van der Waals surface area contributed by atoms with Crippen molar-refractivity contribution in [2.75, 3.05) is 5.32 Å². The zero-order chi connectivity index (χ0) is 14.4. The van der Waals surface area contributed by atoms with Crippen molar-refractivity contribution >= 4 is 44.1 Å². The maximum Gasteiger partial charge on any atom is 0.189 e. The van der Waals surface area contributed by atoms with Crippen molar-refractivity contribution in [3.8, 4) is 0 Å². The van der Waals surface area contributed by atoms with E-state index in [1.54, 1.807) is 11.3 Å². The molecule has 1 aliphatic carbocycles. The summed E-state index contributed by atoms with van der Waals surface area (Å²) in [6.45, 7) is 2.05. The van der Waals surface area contributed by atoms with E-state index >= 15 is 0 Å². The predicted molar refractivity (Wildman–Crippen MR) is 86.7 cm³/mol. The second kappa shape index (κ2) is 4.93. The predicted octanol–water partition coefficient (Wildman–Crippen LogP) is 4.67. The summed E-state index contributed by atoms with van der Waals surface area (Å²) in [7, 11) is 0. The Morgan fingerprint density at radius 3 is 2.81 bits per heavy atom. The summed E-state index contributed by atoms with van der Waals surface area (Å²) in [5.41, 5.74) is 3.21. The zero-order valence-electron chi connectivity index (χ0n) is 11.4. The number of halogens is 1. The summed E-state index contributed by atoms with van der Waals surface area (Å²) < 4.78 is 1.15. The van der Waals surface area contributed by atoms with Gasteiger partial charge in [-0.25, -0.2) is 4.98 Å². The molecule has 1 N–H and O–H groups in total. The molecule has 1 aromatic carbocycles. The van der Waals surface area contributed by atoms with Gasteiger partial charge in [-0.15, -0.1) is 10.2 Å². The molecule has 0 spiro atoms. The molecule has 0 radical (unpaired) electrons. The van der Waals surface area contributed by atoms with E-state index in [2.05, 4.69) is 26.6 Å². The Hall–Kier alpha value is -1.72. The molecule has 3 aromatic rings. The van der Waals surface area contributed by atoms with Crippen LogP contribution in [0.4, 0.5) is 10.9 Å². The molecule has 1 saturated carbocycles. The van der Waals surface area contributed by atoms with Gasteiger partial charge in [0.05, 0.1) is 10.2 Å². The molecule has 4 nitrogen and oxygen atoms in total. The largest absolute Gasteiger partial charge is 0.314 e. The molecular weight excluding hydrogens is 304 g/mol. The summed E-state index contributed by atoms with van der Waals surface area (Å²) in [6.07, 6.45) is 2.37. The van der Waals surface area contributed by atoms with Crippen molar-refractivity contribution in [3.05, 3.63) is 40.5 Å². The van der Waals surface area contributed by atoms with Crippen molar-refractivity contribution in [1.82, 2.24) is 15.2 Å². The lowest BCUT2D eigenvalue weighted by Gasteiger charge is -2.10. The van der Waals surface area contributed by atoms with Crippen molar-refractivity contribution in [2.45, 2.75) is 25.7 Å². The molecule has 2 aromatic heterocycles. The molecule has 4 rings (SSSR count). The molecule has 0 unspecified atom stereocenters. The van der Waals surface area contributed by atoms with E-state index in [0.717, 1.165) is 32.3 Å². The smallest absolute Gasteiger partial charge is 0.189 e. The number of hydrogen-bond acceptors (Lipinski definition) is 5. The standard InChI is InChI=1S/C15H13ClN4S/c1-8-12(9-6-7-9)13(16)19-20-14(8)18-15-17-10-4-2-3-5-11(10)21-15/h2-5,9H,6-7H2,1H3,(H,17,18,20). The van der Waals surface area contributed by atoms with Crippen LogP contribution in [-0.2, 0) is 0 Å². The maximum absolute atomic E-state index is 6.19. The molecule has 106 valence electrons. The van der Waals surface area contributed by atoms with Gasteiger partial charge in [-0.2, -0.15) is 0 Å². The molecule has 0 aliphatic heterocycles. The van der Waals surface area contributed by atoms with Crippen LogP contribution in [0.2, 0.25) is 5.15 Å². The second-order valence-electron chi connectivity index (χ2n) is 5.26. The monoisotopic (exact) mass is 316 g/mol. The quantitative estimate of drug-likeness (QED) is 0.763. The highest BCUT2D eigenvalue weighted by molar-refractivity contribution is 7.22. The highest BCUT2D eigenvalue weighted by Gasteiger charge is 2.29. The van der Waals surface area contributed by atoms with Gasteiger partial charge in [0.2, 0.25) is 0 Å². The topological polar surface area (TPSA) is 50.7 Å². The molecule has 0 bridgehead atoms. The Balaban J connectivity index is 1.72. The fourth-order valence-electron chi connectivity index (χ4n) is 2.50. The van der Waals surface area contributed by atoms with Crippen molar-refractivity contribution in [2.24, 2.45) is 0 Å². The molecule has 0 atom stereocenters. The highest BCUT2D eigenvalue weighted by atomic mass is 35.5. The SMILES string of the molecule is Cc1c(Nc2nc3ccccc3s2)nnc(Cl)c1C1CC1. The minimum Gasteiger partial charge on any atom is -0.314 e. The first-order chi connectivity index (χ1) is 10.2. The number of hydrogen-bond donors (Lipinski definition) is 1. The first-order valence-electron chi connectivity index (χ1n) is 6.87. The van der Waals surface area contributed by atoms with E-state index in [1.807, 2.05) is 25.1 Å². The van der Waals surface area contributed by atoms with E-state index in [0.29, 0.717) is 11.1 Å². The normalized spacial score (nSPS) is 14.6. The van der Waals surface area contributed by atoms with E-state index in [9.17, 15) is 0 Å². The first kappa shape index (κ1) is 13.0. The van der Waals surface area contributed by atoms with Crippen LogP contribution in [0.3, 0.4) is 0 Å². The molecule has 21 heavy (non-hydrogen) atoms. The third kappa shape index (κ3) is 2.36. The molecule has 0 amide bonds. The fraction of sp³-hybridized carbons (Fsp3) is 0.267. The van der Waals surface area contributed by atoms with Crippen LogP contribution in [0.25, 0.3) is 10.2 Å². The van der Waals surface area contributed by atoms with Gasteiger partial charge in [0.25, 0.3) is 0 Å². The summed E-state index contributed by atoms with van der Waals surface area (Å²) in [5.74, 6) is 1.30. The van der Waals surface area contributed by atoms with Gasteiger partial charge in [-0.05, 0) is 37.8 Å². The summed E-state index contributed by atoms with van der Waals surface area (Å²) >= 11 is 7.80. The molecule has 6 heteroatoms. The van der Waals surface area contributed by atoms with Crippen LogP contribution < -0.4 is 5.32 Å². The first-order valence-corrected chi connectivity index (χ1v) is 8.07. The van der Waals surface area contributed by atoms with E-state index in [1.165, 1.54) is 12.8 Å². The van der Waals surface area contributed by atoms with Gasteiger partial charge in [0.15, 0.2) is 16.1 Å². The van der Waals surface area contributed by atoms with Crippen molar-refractivity contribution in [1.29, 1.82) is 0 Å². The van der Waals surface area contributed by atoms with Gasteiger partial charge in [-0.1, -0.05) is 35.1 Å². The number of fused-ring (bicyclic) bond motifs is 1. The molecule has 1 aliphatic rings. The van der Waals surface area contributed by atoms with Crippen LogP contribution in [-0.4, -0.2) is 15.2 Å². The molecule has 0 saturated heterocycles. The Kier molecular flexibility index (Phi) is 3.05. The lowest BCUT2D eigenvalue weighted by atomic mass is 10.1. The number of benzene rings is 1. The number of rotatable bonds is 3. The Bertz CT molecular complexity index is 793. The Labute approximate surface area is 131 Å². The number of nitrogens with zero attached hydrogens (tertiary/aromatic N) is 3. The maximum atomic E-state index is 6.19. The summed E-state index contributed by atoms with van der Waals surface area (Å²) in [6, 6.07) is 8.08. The van der Waals surface area contributed by atoms with E-state index in [4.69, 9.17) is 11.6 Å². The van der Waals surface area contributed by atoms with Gasteiger partial charge in [-0.3, -0.25) is 0 Å². The lowest BCUT2D eigenvalue weighted by molar-refractivity contribution is 0.961. The van der Waals surface area contributed by atoms with Gasteiger partial charge < -0.3 is 5.32 Å².